The highest BCUT2D eigenvalue weighted by Gasteiger charge is 2.17. The van der Waals surface area contributed by atoms with Gasteiger partial charge in [-0.15, -0.1) is 0 Å². The molecule has 0 aliphatic heterocycles. The van der Waals surface area contributed by atoms with E-state index in [1.807, 2.05) is 6.92 Å². The quantitative estimate of drug-likeness (QED) is 0.734. The lowest BCUT2D eigenvalue weighted by Gasteiger charge is -2.13. The van der Waals surface area contributed by atoms with Crippen LogP contribution in [-0.2, 0) is 11.2 Å². The third kappa shape index (κ3) is 4.38. The molecule has 0 fully saturated rings. The number of ether oxygens (including phenoxy) is 1. The second kappa shape index (κ2) is 8.21. The highest BCUT2D eigenvalue weighted by molar-refractivity contribution is 4.93. The van der Waals surface area contributed by atoms with Crippen LogP contribution < -0.4 is 5.32 Å². The summed E-state index contributed by atoms with van der Waals surface area (Å²) in [7, 11) is 1.67. The molecule has 0 amide bonds. The van der Waals surface area contributed by atoms with Crippen molar-refractivity contribution in [1.82, 2.24) is 15.5 Å². The lowest BCUT2D eigenvalue weighted by atomic mass is 10.1. The standard InChI is InChI=1S/C13H25N3O2/c1-5-8-14-10(6-2)9-12-15-13(16-18-12)11(7-3)17-4/h10-11,14H,5-9H2,1-4H3. The Bertz CT molecular complexity index is 324. The second-order valence-corrected chi connectivity index (χ2v) is 4.44. The summed E-state index contributed by atoms with van der Waals surface area (Å²) in [6, 6.07) is 0.404. The van der Waals surface area contributed by atoms with Gasteiger partial charge >= 0.3 is 0 Å². The van der Waals surface area contributed by atoms with Gasteiger partial charge < -0.3 is 14.6 Å². The van der Waals surface area contributed by atoms with E-state index in [4.69, 9.17) is 9.26 Å². The first-order valence-corrected chi connectivity index (χ1v) is 6.83. The zero-order chi connectivity index (χ0) is 13.4. The smallest absolute Gasteiger partial charge is 0.228 e. The zero-order valence-electron chi connectivity index (χ0n) is 11.9. The number of rotatable bonds is 9. The normalized spacial score (nSPS) is 14.7. The molecular weight excluding hydrogens is 230 g/mol. The maximum atomic E-state index is 5.29. The van der Waals surface area contributed by atoms with E-state index < -0.39 is 0 Å². The molecule has 0 aliphatic carbocycles. The van der Waals surface area contributed by atoms with Gasteiger partial charge in [0.1, 0.15) is 6.10 Å². The molecule has 0 radical (unpaired) electrons. The van der Waals surface area contributed by atoms with Gasteiger partial charge in [0.15, 0.2) is 0 Å². The van der Waals surface area contributed by atoms with Gasteiger partial charge in [0, 0.05) is 19.6 Å². The van der Waals surface area contributed by atoms with Crippen molar-refractivity contribution in [3.63, 3.8) is 0 Å². The molecule has 18 heavy (non-hydrogen) atoms. The van der Waals surface area contributed by atoms with Crippen LogP contribution in [0.15, 0.2) is 4.52 Å². The van der Waals surface area contributed by atoms with E-state index >= 15 is 0 Å². The fourth-order valence-electron chi connectivity index (χ4n) is 1.86. The molecule has 1 N–H and O–H groups in total. The summed E-state index contributed by atoms with van der Waals surface area (Å²) >= 11 is 0. The van der Waals surface area contributed by atoms with Gasteiger partial charge in [0.2, 0.25) is 11.7 Å². The Balaban J connectivity index is 2.56. The maximum Gasteiger partial charge on any atom is 0.228 e. The highest BCUT2D eigenvalue weighted by atomic mass is 16.5. The molecule has 1 aromatic heterocycles. The van der Waals surface area contributed by atoms with E-state index in [0.29, 0.717) is 17.8 Å². The van der Waals surface area contributed by atoms with Crippen molar-refractivity contribution in [2.24, 2.45) is 0 Å². The summed E-state index contributed by atoms with van der Waals surface area (Å²) < 4.78 is 10.6. The molecule has 0 spiro atoms. The van der Waals surface area contributed by atoms with Crippen LogP contribution in [0.1, 0.15) is 57.9 Å². The van der Waals surface area contributed by atoms with Crippen LogP contribution in [0, 0.1) is 0 Å². The minimum Gasteiger partial charge on any atom is -0.373 e. The SMILES string of the molecule is CCCNC(CC)Cc1nc(C(CC)OC)no1. The molecule has 2 unspecified atom stereocenters. The van der Waals surface area contributed by atoms with Crippen molar-refractivity contribution in [2.45, 2.75) is 58.6 Å². The number of hydrogen-bond donors (Lipinski definition) is 1. The highest BCUT2D eigenvalue weighted by Crippen LogP contribution is 2.17. The summed E-state index contributed by atoms with van der Waals surface area (Å²) in [6.07, 6.45) is 3.75. The molecule has 1 rings (SSSR count). The fourth-order valence-corrected chi connectivity index (χ4v) is 1.86. The fraction of sp³-hybridized carbons (Fsp3) is 0.846. The predicted octanol–water partition coefficient (Wildman–Crippen LogP) is 2.49. The third-order valence-corrected chi connectivity index (χ3v) is 3.02. The van der Waals surface area contributed by atoms with Gasteiger partial charge in [-0.25, -0.2) is 0 Å². The summed E-state index contributed by atoms with van der Waals surface area (Å²) in [4.78, 5) is 4.41. The van der Waals surface area contributed by atoms with Crippen molar-refractivity contribution in [3.8, 4) is 0 Å². The molecule has 104 valence electrons. The number of aromatic nitrogens is 2. The summed E-state index contributed by atoms with van der Waals surface area (Å²) in [5.74, 6) is 1.34. The van der Waals surface area contributed by atoms with Crippen molar-refractivity contribution >= 4 is 0 Å². The van der Waals surface area contributed by atoms with Gasteiger partial charge in [-0.05, 0) is 25.8 Å². The van der Waals surface area contributed by atoms with E-state index in [1.165, 1.54) is 0 Å². The summed E-state index contributed by atoms with van der Waals surface area (Å²) in [5, 5.41) is 7.46. The van der Waals surface area contributed by atoms with Gasteiger partial charge in [-0.2, -0.15) is 4.98 Å². The first kappa shape index (κ1) is 15.1. The first-order valence-electron chi connectivity index (χ1n) is 6.83. The summed E-state index contributed by atoms with van der Waals surface area (Å²) in [6.45, 7) is 7.39. The predicted molar refractivity (Wildman–Crippen MR) is 70.4 cm³/mol. The van der Waals surface area contributed by atoms with E-state index in [9.17, 15) is 0 Å². The molecule has 5 heteroatoms. The zero-order valence-corrected chi connectivity index (χ0v) is 11.9. The van der Waals surface area contributed by atoms with Crippen LogP contribution >= 0.6 is 0 Å². The van der Waals surface area contributed by atoms with Crippen LogP contribution in [0.3, 0.4) is 0 Å². The summed E-state index contributed by atoms with van der Waals surface area (Å²) in [5.41, 5.74) is 0. The van der Waals surface area contributed by atoms with Crippen molar-refractivity contribution in [3.05, 3.63) is 11.7 Å². The molecule has 1 heterocycles. The Morgan fingerprint density at radius 1 is 1.28 bits per heavy atom. The van der Waals surface area contributed by atoms with Crippen LogP contribution in [-0.4, -0.2) is 29.8 Å². The van der Waals surface area contributed by atoms with Crippen LogP contribution in [0.2, 0.25) is 0 Å². The number of nitrogens with zero attached hydrogens (tertiary/aromatic N) is 2. The van der Waals surface area contributed by atoms with Gasteiger partial charge in [-0.1, -0.05) is 25.9 Å². The Labute approximate surface area is 109 Å². The van der Waals surface area contributed by atoms with Gasteiger partial charge in [0.05, 0.1) is 0 Å². The average Bonchev–Trinajstić information content (AvgIpc) is 2.84. The first-order chi connectivity index (χ1) is 8.74. The second-order valence-electron chi connectivity index (χ2n) is 4.44. The molecule has 0 aliphatic rings. The Morgan fingerprint density at radius 2 is 2.06 bits per heavy atom. The molecule has 1 aromatic rings. The Hall–Kier alpha value is -0.940. The van der Waals surface area contributed by atoms with E-state index in [0.717, 1.165) is 32.2 Å². The molecule has 0 aromatic carbocycles. The molecule has 0 bridgehead atoms. The van der Waals surface area contributed by atoms with E-state index in [1.54, 1.807) is 7.11 Å². The Morgan fingerprint density at radius 3 is 2.61 bits per heavy atom. The molecule has 5 nitrogen and oxygen atoms in total. The van der Waals surface area contributed by atoms with E-state index in [-0.39, 0.29) is 6.10 Å². The minimum atomic E-state index is -0.0637. The van der Waals surface area contributed by atoms with Gasteiger partial charge in [0.25, 0.3) is 0 Å². The lowest BCUT2D eigenvalue weighted by Crippen LogP contribution is -2.31. The minimum absolute atomic E-state index is 0.0637. The molecule has 2 atom stereocenters. The van der Waals surface area contributed by atoms with Crippen molar-refractivity contribution in [1.29, 1.82) is 0 Å². The van der Waals surface area contributed by atoms with Crippen molar-refractivity contribution in [2.75, 3.05) is 13.7 Å². The monoisotopic (exact) mass is 255 g/mol. The Kier molecular flexibility index (Phi) is 6.90. The molecular formula is C13H25N3O2. The number of nitrogens with one attached hydrogen (secondary N) is 1. The largest absolute Gasteiger partial charge is 0.373 e. The third-order valence-electron chi connectivity index (χ3n) is 3.02. The molecule has 0 saturated heterocycles. The van der Waals surface area contributed by atoms with Gasteiger partial charge in [-0.3, -0.25) is 0 Å². The van der Waals surface area contributed by atoms with E-state index in [2.05, 4.69) is 29.3 Å². The molecule has 0 saturated carbocycles. The van der Waals surface area contributed by atoms with Crippen LogP contribution in [0.4, 0.5) is 0 Å². The van der Waals surface area contributed by atoms with Crippen molar-refractivity contribution < 1.29 is 9.26 Å². The topological polar surface area (TPSA) is 60.2 Å². The maximum absolute atomic E-state index is 5.29. The van der Waals surface area contributed by atoms with Crippen LogP contribution in [0.5, 0.6) is 0 Å². The average molecular weight is 255 g/mol. The number of methoxy groups -OCH3 is 1. The number of hydrogen-bond acceptors (Lipinski definition) is 5. The van der Waals surface area contributed by atoms with Crippen LogP contribution in [0.25, 0.3) is 0 Å². The lowest BCUT2D eigenvalue weighted by molar-refractivity contribution is 0.0903.